The number of carbonyl (C=O) groups is 3. The van der Waals surface area contributed by atoms with Crippen LogP contribution in [0.1, 0.15) is 82.5 Å². The first kappa shape index (κ1) is 27.6. The van der Waals surface area contributed by atoms with Crippen LogP contribution in [0.15, 0.2) is 18.2 Å². The molecule has 0 aliphatic heterocycles. The maximum atomic E-state index is 13.6. The van der Waals surface area contributed by atoms with Gasteiger partial charge in [0.05, 0.1) is 6.61 Å². The summed E-state index contributed by atoms with van der Waals surface area (Å²) in [7, 11) is 0. The van der Waals surface area contributed by atoms with E-state index in [0.717, 1.165) is 42.4 Å². The van der Waals surface area contributed by atoms with Gasteiger partial charge < -0.3 is 25.4 Å². The van der Waals surface area contributed by atoms with E-state index < -0.39 is 36.3 Å². The number of likely N-dealkylation sites (N-methyl/N-ethyl adjacent to an activating group) is 1. The molecule has 8 heteroatoms. The zero-order valence-electron chi connectivity index (χ0n) is 21.4. The number of hydrogen-bond acceptors (Lipinski definition) is 5. The van der Waals surface area contributed by atoms with Crippen LogP contribution in [-0.4, -0.2) is 58.8 Å². The molecule has 1 fully saturated rings. The predicted octanol–water partition coefficient (Wildman–Crippen LogP) is 3.53. The minimum Gasteiger partial charge on any atom is -0.444 e. The number of rotatable bonds is 8. The normalized spacial score (nSPS) is 16.3. The van der Waals surface area contributed by atoms with Gasteiger partial charge in [-0.1, -0.05) is 37.5 Å². The number of aliphatic hydroxyl groups is 1. The second-order valence-electron chi connectivity index (χ2n) is 10.0. The van der Waals surface area contributed by atoms with Gasteiger partial charge in [0.2, 0.25) is 11.8 Å². The number of aryl methyl sites for hydroxylation is 1. The maximum Gasteiger partial charge on any atom is 0.408 e. The summed E-state index contributed by atoms with van der Waals surface area (Å²) >= 11 is 0. The molecule has 2 atom stereocenters. The molecular formula is C26H41N3O5. The smallest absolute Gasteiger partial charge is 0.408 e. The molecule has 3 amide bonds. The molecule has 3 N–H and O–H groups in total. The number of ether oxygens (including phenoxy) is 1. The molecule has 1 saturated carbocycles. The van der Waals surface area contributed by atoms with Gasteiger partial charge >= 0.3 is 6.09 Å². The van der Waals surface area contributed by atoms with E-state index in [1.54, 1.807) is 27.7 Å². The lowest BCUT2D eigenvalue weighted by Gasteiger charge is -2.35. The van der Waals surface area contributed by atoms with Crippen LogP contribution in [0, 0.1) is 13.8 Å². The van der Waals surface area contributed by atoms with Crippen LogP contribution in [0.4, 0.5) is 4.79 Å². The average Bonchev–Trinajstić information content (AvgIpc) is 2.77. The van der Waals surface area contributed by atoms with Crippen LogP contribution in [0.2, 0.25) is 0 Å². The summed E-state index contributed by atoms with van der Waals surface area (Å²) in [6.45, 7) is 10.4. The maximum absolute atomic E-state index is 13.6. The van der Waals surface area contributed by atoms with Crippen LogP contribution < -0.4 is 10.6 Å². The molecule has 0 aromatic heterocycles. The molecule has 34 heavy (non-hydrogen) atoms. The van der Waals surface area contributed by atoms with E-state index in [9.17, 15) is 19.5 Å². The second-order valence-corrected chi connectivity index (χ2v) is 10.0. The molecule has 0 radical (unpaired) electrons. The van der Waals surface area contributed by atoms with Crippen molar-refractivity contribution in [3.8, 4) is 0 Å². The minimum atomic E-state index is -1.23. The number of amides is 3. The Morgan fingerprint density at radius 3 is 2.35 bits per heavy atom. The molecular weight excluding hydrogens is 434 g/mol. The van der Waals surface area contributed by atoms with Gasteiger partial charge in [-0.15, -0.1) is 0 Å². The van der Waals surface area contributed by atoms with Crippen LogP contribution in [0.5, 0.6) is 0 Å². The monoisotopic (exact) mass is 475 g/mol. The number of aliphatic hydroxyl groups excluding tert-OH is 1. The molecule has 1 aromatic rings. The standard InChI is InChI=1S/C26H41N3O5/c1-7-29(24(32)21(16-30)28-25(33)34-26(4,5)6)22(20-15-11-12-17(2)18(20)3)23(31)27-19-13-9-8-10-14-19/h11-12,15,19,21-22,30H,7-10,13-14,16H2,1-6H3,(H,27,31)(H,28,33). The molecule has 1 aliphatic carbocycles. The van der Waals surface area contributed by atoms with Gasteiger partial charge in [-0.25, -0.2) is 4.79 Å². The second kappa shape index (κ2) is 12.2. The zero-order chi connectivity index (χ0) is 25.5. The van der Waals surface area contributed by atoms with Crippen molar-refractivity contribution in [1.29, 1.82) is 0 Å². The summed E-state index contributed by atoms with van der Waals surface area (Å²) in [5, 5.41) is 15.5. The van der Waals surface area contributed by atoms with Crippen molar-refractivity contribution < 1.29 is 24.2 Å². The number of alkyl carbamates (subject to hydrolysis) is 1. The Morgan fingerprint density at radius 1 is 1.15 bits per heavy atom. The molecule has 8 nitrogen and oxygen atoms in total. The van der Waals surface area contributed by atoms with Crippen molar-refractivity contribution in [2.45, 2.75) is 97.4 Å². The van der Waals surface area contributed by atoms with Gasteiger partial charge in [0.15, 0.2) is 0 Å². The molecule has 0 saturated heterocycles. The van der Waals surface area contributed by atoms with Gasteiger partial charge in [0.25, 0.3) is 0 Å². The molecule has 0 spiro atoms. The van der Waals surface area contributed by atoms with Crippen molar-refractivity contribution in [2.24, 2.45) is 0 Å². The van der Waals surface area contributed by atoms with E-state index in [4.69, 9.17) is 4.74 Å². The van der Waals surface area contributed by atoms with Crippen molar-refractivity contribution in [3.05, 3.63) is 34.9 Å². The van der Waals surface area contributed by atoms with E-state index in [-0.39, 0.29) is 18.5 Å². The van der Waals surface area contributed by atoms with Crippen molar-refractivity contribution in [1.82, 2.24) is 15.5 Å². The molecule has 0 heterocycles. The Balaban J connectivity index is 2.36. The summed E-state index contributed by atoms with van der Waals surface area (Å²) in [5.41, 5.74) is 1.93. The number of hydrogen-bond donors (Lipinski definition) is 3. The highest BCUT2D eigenvalue weighted by atomic mass is 16.6. The van der Waals surface area contributed by atoms with Gasteiger partial charge in [-0.05, 0) is 71.1 Å². The predicted molar refractivity (Wildman–Crippen MR) is 131 cm³/mol. The van der Waals surface area contributed by atoms with Crippen LogP contribution in [-0.2, 0) is 14.3 Å². The molecule has 190 valence electrons. The SMILES string of the molecule is CCN(C(=O)C(CO)NC(=O)OC(C)(C)C)C(C(=O)NC1CCCCC1)c1cccc(C)c1C. The molecule has 1 aliphatic rings. The first-order chi connectivity index (χ1) is 16.0. The fraction of sp³-hybridized carbons (Fsp3) is 0.654. The average molecular weight is 476 g/mol. The molecule has 2 rings (SSSR count). The summed E-state index contributed by atoms with van der Waals surface area (Å²) in [6.07, 6.45) is 4.35. The Kier molecular flexibility index (Phi) is 9.91. The zero-order valence-corrected chi connectivity index (χ0v) is 21.4. The largest absolute Gasteiger partial charge is 0.444 e. The fourth-order valence-corrected chi connectivity index (χ4v) is 4.35. The van der Waals surface area contributed by atoms with Crippen molar-refractivity contribution >= 4 is 17.9 Å². The Bertz CT molecular complexity index is 858. The van der Waals surface area contributed by atoms with Gasteiger partial charge in [0.1, 0.15) is 17.7 Å². The van der Waals surface area contributed by atoms with Gasteiger partial charge in [-0.2, -0.15) is 0 Å². The highest BCUT2D eigenvalue weighted by Gasteiger charge is 2.36. The highest BCUT2D eigenvalue weighted by Crippen LogP contribution is 2.28. The van der Waals surface area contributed by atoms with Gasteiger partial charge in [-0.3, -0.25) is 9.59 Å². The number of nitrogens with one attached hydrogen (secondary N) is 2. The van der Waals surface area contributed by atoms with Crippen LogP contribution in [0.25, 0.3) is 0 Å². The Labute approximate surface area is 203 Å². The van der Waals surface area contributed by atoms with E-state index >= 15 is 0 Å². The lowest BCUT2D eigenvalue weighted by Crippen LogP contribution is -2.55. The first-order valence-electron chi connectivity index (χ1n) is 12.3. The Hall–Kier alpha value is -2.61. The third kappa shape index (κ3) is 7.45. The van der Waals surface area contributed by atoms with Crippen molar-refractivity contribution in [2.75, 3.05) is 13.2 Å². The van der Waals surface area contributed by atoms with E-state index in [2.05, 4.69) is 10.6 Å². The first-order valence-corrected chi connectivity index (χ1v) is 12.3. The third-order valence-electron chi connectivity index (χ3n) is 6.25. The summed E-state index contributed by atoms with van der Waals surface area (Å²) < 4.78 is 5.25. The van der Waals surface area contributed by atoms with Gasteiger partial charge in [0, 0.05) is 12.6 Å². The summed E-state index contributed by atoms with van der Waals surface area (Å²) in [5.74, 6) is -0.787. The van der Waals surface area contributed by atoms with E-state index in [1.807, 2.05) is 32.0 Å². The number of carbonyl (C=O) groups excluding carboxylic acids is 3. The molecule has 2 unspecified atom stereocenters. The van der Waals surface area contributed by atoms with E-state index in [1.165, 1.54) is 11.3 Å². The van der Waals surface area contributed by atoms with E-state index in [0.29, 0.717) is 0 Å². The number of nitrogens with zero attached hydrogens (tertiary/aromatic N) is 1. The fourth-order valence-electron chi connectivity index (χ4n) is 4.35. The quantitative estimate of drug-likeness (QED) is 0.533. The van der Waals surface area contributed by atoms with Crippen molar-refractivity contribution in [3.63, 3.8) is 0 Å². The van der Waals surface area contributed by atoms with Crippen LogP contribution >= 0.6 is 0 Å². The Morgan fingerprint density at radius 2 is 1.79 bits per heavy atom. The summed E-state index contributed by atoms with van der Waals surface area (Å²) in [6, 6.07) is 3.67. The van der Waals surface area contributed by atoms with Crippen LogP contribution in [0.3, 0.4) is 0 Å². The third-order valence-corrected chi connectivity index (χ3v) is 6.25. The summed E-state index contributed by atoms with van der Waals surface area (Å²) in [4.78, 5) is 40.9. The number of benzene rings is 1. The lowest BCUT2D eigenvalue weighted by atomic mass is 9.92. The lowest BCUT2D eigenvalue weighted by molar-refractivity contribution is -0.143. The molecule has 0 bridgehead atoms. The topological polar surface area (TPSA) is 108 Å². The molecule has 1 aromatic carbocycles. The minimum absolute atomic E-state index is 0.0798. The highest BCUT2D eigenvalue weighted by molar-refractivity contribution is 5.92.